The molecule has 4 nitrogen and oxygen atoms in total. The number of hydrogen-bond donors (Lipinski definition) is 1. The van der Waals surface area contributed by atoms with E-state index in [4.69, 9.17) is 0 Å². The molecule has 0 aliphatic heterocycles. The van der Waals surface area contributed by atoms with Crippen LogP contribution in [0.15, 0.2) is 48.1 Å². The number of allylic oxidation sites excluding steroid dienone is 5. The highest BCUT2D eigenvalue weighted by molar-refractivity contribution is 7.86. The van der Waals surface area contributed by atoms with Gasteiger partial charge >= 0.3 is 10.2 Å². The minimum Gasteiger partial charge on any atom is -0.200 e. The van der Waals surface area contributed by atoms with E-state index in [-0.39, 0.29) is 11.1 Å². The Hall–Kier alpha value is -1.24. The predicted octanol–water partition coefficient (Wildman–Crippen LogP) is 3.44. The van der Waals surface area contributed by atoms with Crippen LogP contribution < -0.4 is 4.72 Å². The van der Waals surface area contributed by atoms with Crippen molar-refractivity contribution in [3.8, 4) is 0 Å². The summed E-state index contributed by atoms with van der Waals surface area (Å²) in [6.45, 7) is 10.3. The molecular weight excluding hydrogens is 303 g/mol. The molecule has 1 N–H and O–H groups in total. The SMILES string of the molecule is C=C(/C=C\C(=C)C1=CCC(C)CC1)CCNS(=O)(=O)N(C)F. The molecule has 0 heterocycles. The van der Waals surface area contributed by atoms with Gasteiger partial charge in [-0.1, -0.05) is 43.9 Å². The summed E-state index contributed by atoms with van der Waals surface area (Å²) in [5, 5.41) is 0. The average Bonchev–Trinajstić information content (AvgIpc) is 2.45. The van der Waals surface area contributed by atoms with Gasteiger partial charge in [0.25, 0.3) is 0 Å². The third-order valence-electron chi connectivity index (χ3n) is 3.67. The van der Waals surface area contributed by atoms with Crippen molar-refractivity contribution in [1.29, 1.82) is 0 Å². The molecule has 124 valence electrons. The van der Waals surface area contributed by atoms with Crippen molar-refractivity contribution >= 4 is 10.2 Å². The van der Waals surface area contributed by atoms with Gasteiger partial charge in [0.2, 0.25) is 0 Å². The molecule has 0 spiro atoms. The first-order chi connectivity index (χ1) is 10.2. The summed E-state index contributed by atoms with van der Waals surface area (Å²) in [4.78, 5) is 0. The number of nitrogens with zero attached hydrogens (tertiary/aromatic N) is 1. The second-order valence-electron chi connectivity index (χ2n) is 5.67. The molecule has 1 aliphatic carbocycles. The molecule has 0 bridgehead atoms. The van der Waals surface area contributed by atoms with E-state index in [9.17, 15) is 12.9 Å². The van der Waals surface area contributed by atoms with Gasteiger partial charge < -0.3 is 0 Å². The molecule has 0 fully saturated rings. The first kappa shape index (κ1) is 18.8. The minimum atomic E-state index is -4.02. The van der Waals surface area contributed by atoms with Crippen LogP contribution in [0.2, 0.25) is 0 Å². The Morgan fingerprint density at radius 1 is 1.50 bits per heavy atom. The van der Waals surface area contributed by atoms with Gasteiger partial charge in [-0.05, 0) is 47.3 Å². The van der Waals surface area contributed by atoms with Crippen LogP contribution in [0.5, 0.6) is 0 Å². The van der Waals surface area contributed by atoms with Crippen molar-refractivity contribution in [3.63, 3.8) is 0 Å². The molecular formula is C16H25FN2O2S. The van der Waals surface area contributed by atoms with E-state index in [2.05, 4.69) is 30.9 Å². The summed E-state index contributed by atoms with van der Waals surface area (Å²) in [5.74, 6) is 0.733. The van der Waals surface area contributed by atoms with Crippen molar-refractivity contribution in [2.24, 2.45) is 5.92 Å². The van der Waals surface area contributed by atoms with E-state index in [1.165, 1.54) is 12.0 Å². The Kier molecular flexibility index (Phi) is 7.19. The van der Waals surface area contributed by atoms with Crippen molar-refractivity contribution in [2.75, 3.05) is 13.6 Å². The maximum atomic E-state index is 12.6. The van der Waals surface area contributed by atoms with Crippen LogP contribution in [0.4, 0.5) is 4.48 Å². The smallest absolute Gasteiger partial charge is 0.200 e. The van der Waals surface area contributed by atoms with E-state index < -0.39 is 10.2 Å². The quantitative estimate of drug-likeness (QED) is 0.548. The Labute approximate surface area is 133 Å². The first-order valence-electron chi connectivity index (χ1n) is 7.36. The summed E-state index contributed by atoms with van der Waals surface area (Å²) in [5.41, 5.74) is 2.99. The predicted molar refractivity (Wildman–Crippen MR) is 88.9 cm³/mol. The molecule has 22 heavy (non-hydrogen) atoms. The summed E-state index contributed by atoms with van der Waals surface area (Å²) in [7, 11) is -3.19. The lowest BCUT2D eigenvalue weighted by atomic mass is 9.88. The molecule has 1 atom stereocenters. The van der Waals surface area contributed by atoms with Gasteiger partial charge in [-0.15, -0.1) is 4.48 Å². The molecule has 0 saturated carbocycles. The van der Waals surface area contributed by atoms with Gasteiger partial charge in [-0.3, -0.25) is 0 Å². The van der Waals surface area contributed by atoms with Gasteiger partial charge in [0.05, 0.1) is 0 Å². The standard InChI is InChI=1S/C16H25FN2O2S/c1-13-6-9-16(10-7-13)15(3)8-5-14(2)11-12-18-22(20,21)19(4)17/h5,8-9,13,18H,2-3,6-7,10-12H2,1,4H3/b8-5-. The van der Waals surface area contributed by atoms with Crippen LogP contribution in [0.1, 0.15) is 32.6 Å². The summed E-state index contributed by atoms with van der Waals surface area (Å²) >= 11 is 0. The fourth-order valence-electron chi connectivity index (χ4n) is 2.10. The lowest BCUT2D eigenvalue weighted by molar-refractivity contribution is 0.175. The average molecular weight is 328 g/mol. The van der Waals surface area contributed by atoms with Crippen molar-refractivity contribution < 1.29 is 12.9 Å². The highest BCUT2D eigenvalue weighted by Gasteiger charge is 2.15. The molecule has 0 amide bonds. The number of hydrogen-bond acceptors (Lipinski definition) is 2. The maximum absolute atomic E-state index is 12.6. The zero-order valence-electron chi connectivity index (χ0n) is 13.3. The van der Waals surface area contributed by atoms with Crippen LogP contribution >= 0.6 is 0 Å². The van der Waals surface area contributed by atoms with Crippen molar-refractivity contribution in [2.45, 2.75) is 32.6 Å². The van der Waals surface area contributed by atoms with E-state index in [1.807, 2.05) is 12.2 Å². The molecule has 0 saturated heterocycles. The normalized spacial score (nSPS) is 19.5. The molecule has 1 unspecified atom stereocenters. The second-order valence-corrected chi connectivity index (χ2v) is 7.41. The van der Waals surface area contributed by atoms with Crippen LogP contribution in [-0.4, -0.2) is 26.5 Å². The maximum Gasteiger partial charge on any atom is 0.305 e. The third kappa shape index (κ3) is 6.25. The molecule has 0 aromatic carbocycles. The topological polar surface area (TPSA) is 49.4 Å². The molecule has 0 aromatic rings. The molecule has 1 rings (SSSR count). The highest BCUT2D eigenvalue weighted by Crippen LogP contribution is 2.27. The van der Waals surface area contributed by atoms with Gasteiger partial charge in [0, 0.05) is 13.6 Å². The van der Waals surface area contributed by atoms with Gasteiger partial charge in [0.1, 0.15) is 0 Å². The monoisotopic (exact) mass is 328 g/mol. The fourth-order valence-corrected chi connectivity index (χ4v) is 2.63. The van der Waals surface area contributed by atoms with Crippen molar-refractivity contribution in [3.05, 3.63) is 48.1 Å². The van der Waals surface area contributed by atoms with Crippen LogP contribution in [0.3, 0.4) is 0 Å². The molecule has 0 radical (unpaired) electrons. The number of nitrogens with one attached hydrogen (secondary N) is 1. The van der Waals surface area contributed by atoms with E-state index in [0.29, 0.717) is 6.42 Å². The second kappa shape index (κ2) is 8.41. The Balaban J connectivity index is 2.40. The first-order valence-corrected chi connectivity index (χ1v) is 8.80. The zero-order valence-corrected chi connectivity index (χ0v) is 14.1. The number of rotatable bonds is 8. The highest BCUT2D eigenvalue weighted by atomic mass is 32.2. The number of halogens is 1. The van der Waals surface area contributed by atoms with E-state index in [0.717, 1.165) is 37.0 Å². The molecule has 0 aromatic heterocycles. The van der Waals surface area contributed by atoms with Crippen LogP contribution in [0.25, 0.3) is 0 Å². The Morgan fingerprint density at radius 3 is 2.73 bits per heavy atom. The van der Waals surface area contributed by atoms with Crippen LogP contribution in [0, 0.1) is 5.92 Å². The van der Waals surface area contributed by atoms with Gasteiger partial charge in [-0.2, -0.15) is 13.1 Å². The van der Waals surface area contributed by atoms with Gasteiger partial charge in [0.15, 0.2) is 0 Å². The summed E-state index contributed by atoms with van der Waals surface area (Å²) < 4.78 is 36.8. The molecule has 6 heteroatoms. The summed E-state index contributed by atoms with van der Waals surface area (Å²) in [6.07, 6.45) is 9.68. The fraction of sp³-hybridized carbons (Fsp3) is 0.500. The van der Waals surface area contributed by atoms with Crippen LogP contribution in [-0.2, 0) is 10.2 Å². The zero-order chi connectivity index (χ0) is 16.8. The lowest BCUT2D eigenvalue weighted by Crippen LogP contribution is -2.34. The third-order valence-corrected chi connectivity index (χ3v) is 4.90. The summed E-state index contributed by atoms with van der Waals surface area (Å²) in [6, 6.07) is 0. The Morgan fingerprint density at radius 2 is 2.18 bits per heavy atom. The minimum absolute atomic E-state index is 0.104. The van der Waals surface area contributed by atoms with Gasteiger partial charge in [-0.25, -0.2) is 0 Å². The van der Waals surface area contributed by atoms with Crippen molar-refractivity contribution in [1.82, 2.24) is 9.25 Å². The largest absolute Gasteiger partial charge is 0.305 e. The van der Waals surface area contributed by atoms with E-state index in [1.54, 1.807) is 0 Å². The Bertz CT molecular complexity index is 577. The lowest BCUT2D eigenvalue weighted by Gasteiger charge is -2.18. The van der Waals surface area contributed by atoms with E-state index >= 15 is 0 Å². The molecule has 1 aliphatic rings.